The summed E-state index contributed by atoms with van der Waals surface area (Å²) >= 11 is 0. The minimum absolute atomic E-state index is 0.736. The van der Waals surface area contributed by atoms with E-state index in [9.17, 15) is 0 Å². The molecule has 1 aromatic heterocycles. The highest BCUT2D eigenvalue weighted by Crippen LogP contribution is 2.16. The molecule has 5 heteroatoms. The summed E-state index contributed by atoms with van der Waals surface area (Å²) in [6, 6.07) is 1.87. The van der Waals surface area contributed by atoms with Gasteiger partial charge in [-0.25, -0.2) is 9.97 Å². The van der Waals surface area contributed by atoms with Gasteiger partial charge < -0.3 is 14.5 Å². The van der Waals surface area contributed by atoms with E-state index in [-0.39, 0.29) is 0 Å². The molecule has 2 saturated heterocycles. The van der Waals surface area contributed by atoms with E-state index < -0.39 is 0 Å². The molecule has 0 saturated carbocycles. The molecule has 0 aliphatic carbocycles. The van der Waals surface area contributed by atoms with Gasteiger partial charge in [-0.3, -0.25) is 0 Å². The lowest BCUT2D eigenvalue weighted by Crippen LogP contribution is -2.34. The van der Waals surface area contributed by atoms with Crippen LogP contribution in [-0.4, -0.2) is 60.8 Å². The molecular formula is C14H22N4O. The fourth-order valence-corrected chi connectivity index (χ4v) is 2.90. The molecule has 3 rings (SSSR count). The minimum Gasteiger partial charge on any atom is -0.381 e. The SMILES string of the molecule is c1cnc(N2CCCN(C[C@H]3CCOC3)CC2)nc1. The topological polar surface area (TPSA) is 41.5 Å². The van der Waals surface area contributed by atoms with Crippen molar-refractivity contribution >= 4 is 5.95 Å². The Balaban J connectivity index is 1.53. The molecular weight excluding hydrogens is 240 g/mol. The maximum absolute atomic E-state index is 5.46. The molecule has 2 aliphatic heterocycles. The van der Waals surface area contributed by atoms with Crippen LogP contribution in [0.25, 0.3) is 0 Å². The van der Waals surface area contributed by atoms with Crippen molar-refractivity contribution in [2.75, 3.05) is 50.8 Å². The van der Waals surface area contributed by atoms with Gasteiger partial charge in [-0.15, -0.1) is 0 Å². The number of hydrogen-bond acceptors (Lipinski definition) is 5. The Labute approximate surface area is 114 Å². The number of hydrogen-bond donors (Lipinski definition) is 0. The molecule has 2 aliphatic rings. The lowest BCUT2D eigenvalue weighted by Gasteiger charge is -2.23. The first kappa shape index (κ1) is 12.8. The molecule has 0 aromatic carbocycles. The molecule has 1 aromatic rings. The van der Waals surface area contributed by atoms with Crippen LogP contribution in [0.1, 0.15) is 12.8 Å². The molecule has 1 atom stereocenters. The summed E-state index contributed by atoms with van der Waals surface area (Å²) in [4.78, 5) is 13.6. The largest absolute Gasteiger partial charge is 0.381 e. The summed E-state index contributed by atoms with van der Waals surface area (Å²) in [6.07, 6.45) is 6.05. The van der Waals surface area contributed by atoms with Crippen molar-refractivity contribution in [2.24, 2.45) is 5.92 Å². The zero-order chi connectivity index (χ0) is 12.9. The second-order valence-electron chi connectivity index (χ2n) is 5.42. The Morgan fingerprint density at radius 3 is 2.84 bits per heavy atom. The zero-order valence-electron chi connectivity index (χ0n) is 11.4. The van der Waals surface area contributed by atoms with Crippen molar-refractivity contribution in [3.05, 3.63) is 18.5 Å². The first-order valence-corrected chi connectivity index (χ1v) is 7.24. The van der Waals surface area contributed by atoms with Crippen LogP contribution in [0.3, 0.4) is 0 Å². The maximum atomic E-state index is 5.46. The average molecular weight is 262 g/mol. The van der Waals surface area contributed by atoms with E-state index in [0.717, 1.165) is 44.7 Å². The average Bonchev–Trinajstić information content (AvgIpc) is 2.85. The summed E-state index contributed by atoms with van der Waals surface area (Å²) in [5.41, 5.74) is 0. The normalized spacial score (nSPS) is 25.5. The Morgan fingerprint density at radius 1 is 1.16 bits per heavy atom. The van der Waals surface area contributed by atoms with Crippen LogP contribution in [0.5, 0.6) is 0 Å². The summed E-state index contributed by atoms with van der Waals surface area (Å²) in [6.45, 7) is 7.45. The number of aromatic nitrogens is 2. The van der Waals surface area contributed by atoms with Crippen molar-refractivity contribution in [3.63, 3.8) is 0 Å². The molecule has 0 spiro atoms. The third-order valence-corrected chi connectivity index (χ3v) is 3.96. The second-order valence-corrected chi connectivity index (χ2v) is 5.42. The lowest BCUT2D eigenvalue weighted by atomic mass is 10.1. The summed E-state index contributed by atoms with van der Waals surface area (Å²) in [5, 5.41) is 0. The van der Waals surface area contributed by atoms with Gasteiger partial charge in [-0.1, -0.05) is 0 Å². The molecule has 0 radical (unpaired) electrons. The smallest absolute Gasteiger partial charge is 0.225 e. The Hall–Kier alpha value is -1.20. The van der Waals surface area contributed by atoms with Gasteiger partial charge in [0.2, 0.25) is 5.95 Å². The van der Waals surface area contributed by atoms with Crippen molar-refractivity contribution < 1.29 is 4.74 Å². The molecule has 0 amide bonds. The van der Waals surface area contributed by atoms with Crippen LogP contribution >= 0.6 is 0 Å². The minimum atomic E-state index is 0.736. The first-order valence-electron chi connectivity index (χ1n) is 7.24. The number of anilines is 1. The van der Waals surface area contributed by atoms with E-state index >= 15 is 0 Å². The van der Waals surface area contributed by atoms with Gasteiger partial charge in [0, 0.05) is 45.2 Å². The van der Waals surface area contributed by atoms with Gasteiger partial charge in [-0.05, 0) is 31.4 Å². The maximum Gasteiger partial charge on any atom is 0.225 e. The molecule has 19 heavy (non-hydrogen) atoms. The number of nitrogens with zero attached hydrogens (tertiary/aromatic N) is 4. The quantitative estimate of drug-likeness (QED) is 0.813. The third-order valence-electron chi connectivity index (χ3n) is 3.96. The standard InChI is InChI=1S/C14H22N4O/c1-4-15-14(16-5-1)18-7-2-6-17(8-9-18)11-13-3-10-19-12-13/h1,4-5,13H,2-3,6-12H2/t13-/m1/s1. The highest BCUT2D eigenvalue weighted by molar-refractivity contribution is 5.28. The summed E-state index contributed by atoms with van der Waals surface area (Å²) < 4.78 is 5.46. The lowest BCUT2D eigenvalue weighted by molar-refractivity contribution is 0.169. The fourth-order valence-electron chi connectivity index (χ4n) is 2.90. The molecule has 0 N–H and O–H groups in total. The summed E-state index contributed by atoms with van der Waals surface area (Å²) in [5.74, 6) is 1.60. The van der Waals surface area contributed by atoms with Crippen molar-refractivity contribution in [1.29, 1.82) is 0 Å². The highest BCUT2D eigenvalue weighted by atomic mass is 16.5. The fraction of sp³-hybridized carbons (Fsp3) is 0.714. The van der Waals surface area contributed by atoms with Crippen molar-refractivity contribution in [2.45, 2.75) is 12.8 Å². The van der Waals surface area contributed by atoms with Crippen LogP contribution in [0, 0.1) is 5.92 Å². The highest BCUT2D eigenvalue weighted by Gasteiger charge is 2.22. The Kier molecular flexibility index (Phi) is 4.25. The molecule has 3 heterocycles. The van der Waals surface area contributed by atoms with Crippen molar-refractivity contribution in [1.82, 2.24) is 14.9 Å². The molecule has 0 bridgehead atoms. The van der Waals surface area contributed by atoms with Crippen LogP contribution in [0.15, 0.2) is 18.5 Å². The predicted octanol–water partition coefficient (Wildman–Crippen LogP) is 1.03. The molecule has 2 fully saturated rings. The van der Waals surface area contributed by atoms with E-state index in [1.54, 1.807) is 0 Å². The monoisotopic (exact) mass is 262 g/mol. The van der Waals surface area contributed by atoms with Gasteiger partial charge in [0.15, 0.2) is 0 Å². The zero-order valence-corrected chi connectivity index (χ0v) is 11.4. The Morgan fingerprint density at radius 2 is 2.05 bits per heavy atom. The van der Waals surface area contributed by atoms with Crippen molar-refractivity contribution in [3.8, 4) is 0 Å². The van der Waals surface area contributed by atoms with Crippen LogP contribution < -0.4 is 4.90 Å². The molecule has 0 unspecified atom stereocenters. The van der Waals surface area contributed by atoms with Gasteiger partial charge in [0.05, 0.1) is 6.61 Å². The number of ether oxygens (including phenoxy) is 1. The summed E-state index contributed by atoms with van der Waals surface area (Å²) in [7, 11) is 0. The van der Waals surface area contributed by atoms with Gasteiger partial charge in [0.1, 0.15) is 0 Å². The van der Waals surface area contributed by atoms with Crippen LogP contribution in [0.4, 0.5) is 5.95 Å². The predicted molar refractivity (Wildman–Crippen MR) is 74.2 cm³/mol. The second kappa shape index (κ2) is 6.30. The van der Waals surface area contributed by atoms with E-state index in [1.165, 1.54) is 25.9 Å². The van der Waals surface area contributed by atoms with Crippen LogP contribution in [0.2, 0.25) is 0 Å². The van der Waals surface area contributed by atoms with Gasteiger partial charge >= 0.3 is 0 Å². The van der Waals surface area contributed by atoms with E-state index in [4.69, 9.17) is 4.74 Å². The van der Waals surface area contributed by atoms with E-state index in [2.05, 4.69) is 19.8 Å². The molecule has 5 nitrogen and oxygen atoms in total. The Bertz CT molecular complexity index is 380. The third kappa shape index (κ3) is 3.42. The molecule has 104 valence electrons. The van der Waals surface area contributed by atoms with E-state index in [0.29, 0.717) is 0 Å². The number of rotatable bonds is 3. The first-order chi connectivity index (χ1) is 9.42. The van der Waals surface area contributed by atoms with Gasteiger partial charge in [0.25, 0.3) is 0 Å². The van der Waals surface area contributed by atoms with Gasteiger partial charge in [-0.2, -0.15) is 0 Å². The van der Waals surface area contributed by atoms with E-state index in [1.807, 2.05) is 18.5 Å². The van der Waals surface area contributed by atoms with Crippen LogP contribution in [-0.2, 0) is 4.74 Å².